The van der Waals surface area contributed by atoms with Crippen LogP contribution in [-0.4, -0.2) is 60.5 Å². The van der Waals surface area contributed by atoms with Crippen LogP contribution in [0.2, 0.25) is 0 Å². The fourth-order valence-corrected chi connectivity index (χ4v) is 3.70. The zero-order chi connectivity index (χ0) is 16.7. The lowest BCUT2D eigenvalue weighted by atomic mass is 10.1. The van der Waals surface area contributed by atoms with Crippen LogP contribution in [0.15, 0.2) is 24.3 Å². The van der Waals surface area contributed by atoms with Gasteiger partial charge in [-0.25, -0.2) is 4.79 Å². The summed E-state index contributed by atoms with van der Waals surface area (Å²) in [4.78, 5) is 30.7. The molecule has 1 atom stereocenters. The summed E-state index contributed by atoms with van der Waals surface area (Å²) in [6, 6.07) is 8.53. The maximum absolute atomic E-state index is 12.7. The Morgan fingerprint density at radius 1 is 1.21 bits per heavy atom. The quantitative estimate of drug-likeness (QED) is 0.893. The maximum Gasteiger partial charge on any atom is 0.318 e. The number of anilines is 1. The molecule has 1 saturated heterocycles. The smallest absolute Gasteiger partial charge is 0.318 e. The van der Waals surface area contributed by atoms with Crippen LogP contribution in [0.5, 0.6) is 0 Å². The van der Waals surface area contributed by atoms with Crippen LogP contribution in [0, 0.1) is 0 Å². The minimum absolute atomic E-state index is 0.0539. The first-order chi connectivity index (χ1) is 11.6. The Labute approximate surface area is 142 Å². The number of fused-ring (bicyclic) bond motifs is 1. The van der Waals surface area contributed by atoms with Crippen molar-refractivity contribution in [2.75, 3.05) is 31.6 Å². The van der Waals surface area contributed by atoms with Gasteiger partial charge < -0.3 is 20.0 Å². The number of likely N-dealkylation sites (N-methyl/N-ethyl adjacent to an activating group) is 1. The van der Waals surface area contributed by atoms with Gasteiger partial charge in [0.2, 0.25) is 5.91 Å². The number of urea groups is 1. The Kier molecular flexibility index (Phi) is 3.82. The lowest BCUT2D eigenvalue weighted by molar-refractivity contribution is -0.128. The van der Waals surface area contributed by atoms with Crippen LogP contribution >= 0.6 is 0 Å². The number of para-hydroxylation sites is 1. The van der Waals surface area contributed by atoms with Crippen LogP contribution in [0.1, 0.15) is 24.8 Å². The number of carbonyl (C=O) groups is 2. The molecule has 1 aliphatic carbocycles. The largest absolute Gasteiger partial charge is 0.373 e. The molecule has 2 aliphatic heterocycles. The van der Waals surface area contributed by atoms with E-state index in [1.54, 1.807) is 0 Å². The second kappa shape index (κ2) is 6.00. The molecule has 128 valence electrons. The summed E-state index contributed by atoms with van der Waals surface area (Å²) in [5, 5.41) is 3.07. The second-order valence-corrected chi connectivity index (χ2v) is 7.10. The van der Waals surface area contributed by atoms with E-state index in [0.717, 1.165) is 24.9 Å². The van der Waals surface area contributed by atoms with Gasteiger partial charge in [-0.15, -0.1) is 0 Å². The van der Waals surface area contributed by atoms with E-state index in [2.05, 4.69) is 29.4 Å². The molecule has 3 aliphatic rings. The van der Waals surface area contributed by atoms with E-state index in [0.29, 0.717) is 32.1 Å². The highest BCUT2D eigenvalue weighted by Gasteiger charge is 2.40. The van der Waals surface area contributed by atoms with E-state index < -0.39 is 0 Å². The minimum atomic E-state index is -0.0597. The number of likely N-dealkylation sites (tertiary alicyclic amines) is 1. The van der Waals surface area contributed by atoms with E-state index in [4.69, 9.17) is 0 Å². The highest BCUT2D eigenvalue weighted by Crippen LogP contribution is 2.30. The van der Waals surface area contributed by atoms with E-state index in [-0.39, 0.29) is 18.0 Å². The zero-order valence-electron chi connectivity index (χ0n) is 14.1. The maximum atomic E-state index is 12.7. The molecule has 0 radical (unpaired) electrons. The van der Waals surface area contributed by atoms with Gasteiger partial charge in [0.25, 0.3) is 0 Å². The van der Waals surface area contributed by atoms with Crippen molar-refractivity contribution in [2.45, 2.75) is 37.9 Å². The van der Waals surface area contributed by atoms with E-state index >= 15 is 0 Å². The number of rotatable bonds is 2. The molecule has 6 nitrogen and oxygen atoms in total. The Hall–Kier alpha value is -2.24. The van der Waals surface area contributed by atoms with Gasteiger partial charge in [-0.2, -0.15) is 0 Å². The third kappa shape index (κ3) is 2.92. The van der Waals surface area contributed by atoms with Crippen molar-refractivity contribution in [3.63, 3.8) is 0 Å². The van der Waals surface area contributed by atoms with Gasteiger partial charge in [0.15, 0.2) is 0 Å². The van der Waals surface area contributed by atoms with Crippen molar-refractivity contribution in [2.24, 2.45) is 0 Å². The summed E-state index contributed by atoms with van der Waals surface area (Å²) < 4.78 is 0. The topological polar surface area (TPSA) is 55.9 Å². The fraction of sp³-hybridized carbons (Fsp3) is 0.556. The number of hydrogen-bond acceptors (Lipinski definition) is 3. The molecule has 1 aromatic carbocycles. The molecule has 0 aromatic heterocycles. The van der Waals surface area contributed by atoms with Crippen molar-refractivity contribution in [1.82, 2.24) is 15.1 Å². The Bertz CT molecular complexity index is 658. The van der Waals surface area contributed by atoms with Gasteiger partial charge >= 0.3 is 6.03 Å². The molecule has 0 spiro atoms. The molecule has 1 aromatic rings. The first-order valence-corrected chi connectivity index (χ1v) is 8.76. The van der Waals surface area contributed by atoms with Crippen LogP contribution in [0.4, 0.5) is 10.5 Å². The average molecular weight is 328 g/mol. The fourth-order valence-electron chi connectivity index (χ4n) is 3.70. The normalized spacial score (nSPS) is 24.0. The summed E-state index contributed by atoms with van der Waals surface area (Å²) >= 11 is 0. The van der Waals surface area contributed by atoms with Gasteiger partial charge in [0, 0.05) is 51.4 Å². The first kappa shape index (κ1) is 15.3. The summed E-state index contributed by atoms with van der Waals surface area (Å²) in [5.41, 5.74) is 2.35. The van der Waals surface area contributed by atoms with Crippen molar-refractivity contribution in [1.29, 1.82) is 0 Å². The molecule has 3 amide bonds. The van der Waals surface area contributed by atoms with Crippen molar-refractivity contribution < 1.29 is 9.59 Å². The monoisotopic (exact) mass is 328 g/mol. The summed E-state index contributed by atoms with van der Waals surface area (Å²) in [7, 11) is 2.06. The molecule has 6 heteroatoms. The highest BCUT2D eigenvalue weighted by molar-refractivity contribution is 5.82. The van der Waals surface area contributed by atoms with E-state index in [1.165, 1.54) is 5.69 Å². The number of hydrogen-bond donors (Lipinski definition) is 1. The molecule has 1 saturated carbocycles. The van der Waals surface area contributed by atoms with Crippen LogP contribution in [0.25, 0.3) is 0 Å². The van der Waals surface area contributed by atoms with Crippen molar-refractivity contribution in [3.8, 4) is 0 Å². The minimum Gasteiger partial charge on any atom is -0.373 e. The molecule has 0 bridgehead atoms. The Balaban J connectivity index is 1.41. The summed E-state index contributed by atoms with van der Waals surface area (Å²) in [6.45, 7) is 2.77. The highest BCUT2D eigenvalue weighted by atomic mass is 16.2. The molecule has 2 heterocycles. The van der Waals surface area contributed by atoms with E-state index in [9.17, 15) is 9.59 Å². The SMILES string of the molecule is CN1CCN(C(=O)NC2CC(=O)N(C3CC3)C2)Cc2ccccc21. The lowest BCUT2D eigenvalue weighted by Gasteiger charge is -2.24. The van der Waals surface area contributed by atoms with Gasteiger partial charge in [0.1, 0.15) is 0 Å². The molecule has 1 N–H and O–H groups in total. The third-order valence-electron chi connectivity index (χ3n) is 5.23. The average Bonchev–Trinajstić information content (AvgIpc) is 3.36. The summed E-state index contributed by atoms with van der Waals surface area (Å²) in [6.07, 6.45) is 2.66. The molecule has 4 rings (SSSR count). The first-order valence-electron chi connectivity index (χ1n) is 8.76. The standard InChI is InChI=1S/C18H24N4O2/c1-20-8-9-21(11-13-4-2-3-5-16(13)20)18(24)19-14-10-17(23)22(12-14)15-6-7-15/h2-5,14-15H,6-12H2,1H3,(H,19,24). The number of benzene rings is 1. The van der Waals surface area contributed by atoms with Gasteiger partial charge in [-0.1, -0.05) is 18.2 Å². The number of carbonyl (C=O) groups excluding carboxylic acids is 2. The predicted molar refractivity (Wildman–Crippen MR) is 91.8 cm³/mol. The van der Waals surface area contributed by atoms with Gasteiger partial charge in [-0.05, 0) is 24.5 Å². The lowest BCUT2D eigenvalue weighted by Crippen LogP contribution is -2.46. The third-order valence-corrected chi connectivity index (χ3v) is 5.23. The number of nitrogens with zero attached hydrogens (tertiary/aromatic N) is 3. The van der Waals surface area contributed by atoms with E-state index in [1.807, 2.05) is 21.9 Å². The Morgan fingerprint density at radius 2 is 2.00 bits per heavy atom. The molecular formula is C18H24N4O2. The Morgan fingerprint density at radius 3 is 2.79 bits per heavy atom. The molecule has 1 unspecified atom stereocenters. The van der Waals surface area contributed by atoms with Crippen LogP contribution in [-0.2, 0) is 11.3 Å². The van der Waals surface area contributed by atoms with Crippen LogP contribution in [0.3, 0.4) is 0 Å². The zero-order valence-corrected chi connectivity index (χ0v) is 14.1. The summed E-state index contributed by atoms with van der Waals surface area (Å²) in [5.74, 6) is 0.184. The van der Waals surface area contributed by atoms with Gasteiger partial charge in [0.05, 0.1) is 6.04 Å². The number of amides is 3. The predicted octanol–water partition coefficient (Wildman–Crippen LogP) is 1.41. The van der Waals surface area contributed by atoms with Gasteiger partial charge in [-0.3, -0.25) is 4.79 Å². The molecule has 24 heavy (non-hydrogen) atoms. The second-order valence-electron chi connectivity index (χ2n) is 7.10. The van der Waals surface area contributed by atoms with Crippen molar-refractivity contribution >= 4 is 17.6 Å². The van der Waals surface area contributed by atoms with Crippen molar-refractivity contribution in [3.05, 3.63) is 29.8 Å². The molecular weight excluding hydrogens is 304 g/mol. The molecule has 2 fully saturated rings. The van der Waals surface area contributed by atoms with Crippen LogP contribution < -0.4 is 10.2 Å². The number of nitrogens with one attached hydrogen (secondary N) is 1.